The second-order valence-corrected chi connectivity index (χ2v) is 6.97. The van der Waals surface area contributed by atoms with E-state index in [9.17, 15) is 18.4 Å². The molecule has 0 aliphatic carbocycles. The summed E-state index contributed by atoms with van der Waals surface area (Å²) in [5.74, 6) is -1.07. The largest absolute Gasteiger partial charge is 0.353 e. The smallest absolute Gasteiger partial charge is 0.234 e. The first-order valence-corrected chi connectivity index (χ1v) is 9.08. The highest BCUT2D eigenvalue weighted by Crippen LogP contribution is 2.13. The van der Waals surface area contributed by atoms with Gasteiger partial charge in [0.15, 0.2) is 0 Å². The van der Waals surface area contributed by atoms with Gasteiger partial charge in [0.05, 0.1) is 6.54 Å². The summed E-state index contributed by atoms with van der Waals surface area (Å²) >= 11 is 0. The van der Waals surface area contributed by atoms with Gasteiger partial charge in [-0.2, -0.15) is 0 Å². The van der Waals surface area contributed by atoms with Crippen molar-refractivity contribution >= 4 is 11.8 Å². The fourth-order valence-electron chi connectivity index (χ4n) is 3.08. The van der Waals surface area contributed by atoms with Crippen LogP contribution in [0.4, 0.5) is 8.78 Å². The van der Waals surface area contributed by atoms with Crippen molar-refractivity contribution in [2.75, 3.05) is 32.7 Å². The molecule has 1 aliphatic heterocycles. The molecule has 0 spiro atoms. The molecule has 144 valence electrons. The molecular weight excluding hydrogens is 340 g/mol. The molecule has 1 saturated heterocycles. The Kier molecular flexibility index (Phi) is 7.50. The van der Waals surface area contributed by atoms with Gasteiger partial charge in [-0.1, -0.05) is 0 Å². The summed E-state index contributed by atoms with van der Waals surface area (Å²) in [6, 6.07) is 3.40. The van der Waals surface area contributed by atoms with E-state index in [1.807, 2.05) is 18.7 Å². The Bertz CT molecular complexity index is 637. The van der Waals surface area contributed by atoms with Crippen molar-refractivity contribution in [3.63, 3.8) is 0 Å². The molecule has 1 heterocycles. The zero-order valence-electron chi connectivity index (χ0n) is 15.4. The molecule has 2 amide bonds. The van der Waals surface area contributed by atoms with E-state index in [4.69, 9.17) is 0 Å². The minimum absolute atomic E-state index is 0.0126. The summed E-state index contributed by atoms with van der Waals surface area (Å²) in [7, 11) is 0. The van der Waals surface area contributed by atoms with Crippen LogP contribution in [0.1, 0.15) is 32.3 Å². The molecule has 0 saturated carbocycles. The maximum atomic E-state index is 13.7. The van der Waals surface area contributed by atoms with E-state index in [0.717, 1.165) is 31.2 Å². The standard InChI is InChI=1S/C19H27F2N3O2/c1-14(2)22-18(25)13-23-8-3-9-24(11-10-23)19(26)7-4-15-12-16(20)5-6-17(15)21/h5-6,12,14H,3-4,7-11,13H2,1-2H3,(H,22,25). The quantitative estimate of drug-likeness (QED) is 0.836. The molecule has 1 aromatic carbocycles. The molecule has 5 nitrogen and oxygen atoms in total. The average Bonchev–Trinajstić information content (AvgIpc) is 2.80. The Morgan fingerprint density at radius 3 is 2.65 bits per heavy atom. The molecular formula is C19H27F2N3O2. The van der Waals surface area contributed by atoms with Crippen LogP contribution < -0.4 is 5.32 Å². The lowest BCUT2D eigenvalue weighted by Crippen LogP contribution is -2.42. The summed E-state index contributed by atoms with van der Waals surface area (Å²) in [5.41, 5.74) is 0.222. The molecule has 2 rings (SSSR count). The lowest BCUT2D eigenvalue weighted by molar-refractivity contribution is -0.131. The van der Waals surface area contributed by atoms with Crippen LogP contribution in [0.2, 0.25) is 0 Å². The van der Waals surface area contributed by atoms with E-state index in [1.54, 1.807) is 4.90 Å². The summed E-state index contributed by atoms with van der Waals surface area (Å²) in [4.78, 5) is 28.1. The van der Waals surface area contributed by atoms with E-state index in [2.05, 4.69) is 5.32 Å². The first-order valence-electron chi connectivity index (χ1n) is 9.08. The van der Waals surface area contributed by atoms with Gasteiger partial charge >= 0.3 is 0 Å². The molecule has 1 fully saturated rings. The van der Waals surface area contributed by atoms with Gasteiger partial charge in [-0.15, -0.1) is 0 Å². The fraction of sp³-hybridized carbons (Fsp3) is 0.579. The van der Waals surface area contributed by atoms with Crippen LogP contribution >= 0.6 is 0 Å². The number of carbonyl (C=O) groups excluding carboxylic acids is 2. The van der Waals surface area contributed by atoms with Crippen molar-refractivity contribution in [1.29, 1.82) is 0 Å². The van der Waals surface area contributed by atoms with E-state index >= 15 is 0 Å². The Hall–Kier alpha value is -2.02. The van der Waals surface area contributed by atoms with Crippen molar-refractivity contribution in [3.05, 3.63) is 35.4 Å². The van der Waals surface area contributed by atoms with Gasteiger partial charge in [0, 0.05) is 38.6 Å². The van der Waals surface area contributed by atoms with Crippen molar-refractivity contribution < 1.29 is 18.4 Å². The van der Waals surface area contributed by atoms with Crippen LogP contribution in [0.15, 0.2) is 18.2 Å². The number of benzene rings is 1. The second kappa shape index (κ2) is 9.62. The third kappa shape index (κ3) is 6.37. The number of carbonyl (C=O) groups is 2. The number of hydrogen-bond acceptors (Lipinski definition) is 3. The fourth-order valence-corrected chi connectivity index (χ4v) is 3.08. The first kappa shape index (κ1) is 20.3. The van der Waals surface area contributed by atoms with Gasteiger partial charge in [-0.3, -0.25) is 14.5 Å². The highest BCUT2D eigenvalue weighted by Gasteiger charge is 2.20. The summed E-state index contributed by atoms with van der Waals surface area (Å²) in [6.07, 6.45) is 1.11. The number of rotatable bonds is 6. The highest BCUT2D eigenvalue weighted by atomic mass is 19.1. The zero-order valence-corrected chi connectivity index (χ0v) is 15.4. The molecule has 26 heavy (non-hydrogen) atoms. The predicted molar refractivity (Wildman–Crippen MR) is 95.6 cm³/mol. The highest BCUT2D eigenvalue weighted by molar-refractivity contribution is 5.78. The number of halogens is 2. The van der Waals surface area contributed by atoms with Gasteiger partial charge in [0.1, 0.15) is 11.6 Å². The Morgan fingerprint density at radius 1 is 1.15 bits per heavy atom. The number of amides is 2. The average molecular weight is 367 g/mol. The Morgan fingerprint density at radius 2 is 1.92 bits per heavy atom. The summed E-state index contributed by atoms with van der Waals surface area (Å²) in [5, 5.41) is 2.87. The Balaban J connectivity index is 1.81. The van der Waals surface area contributed by atoms with Gasteiger partial charge in [0.2, 0.25) is 11.8 Å². The lowest BCUT2D eigenvalue weighted by atomic mass is 10.1. The third-order valence-corrected chi connectivity index (χ3v) is 4.37. The SMILES string of the molecule is CC(C)NC(=O)CN1CCCN(C(=O)CCc2cc(F)ccc2F)CC1. The molecule has 1 aromatic rings. The summed E-state index contributed by atoms with van der Waals surface area (Å²) in [6.45, 7) is 6.71. The van der Waals surface area contributed by atoms with Gasteiger partial charge in [-0.25, -0.2) is 8.78 Å². The van der Waals surface area contributed by atoms with Crippen LogP contribution in [-0.2, 0) is 16.0 Å². The minimum Gasteiger partial charge on any atom is -0.353 e. The van der Waals surface area contributed by atoms with Crippen LogP contribution in [0, 0.1) is 11.6 Å². The zero-order chi connectivity index (χ0) is 19.1. The van der Waals surface area contributed by atoms with Gasteiger partial charge in [-0.05, 0) is 50.5 Å². The topological polar surface area (TPSA) is 52.7 Å². The van der Waals surface area contributed by atoms with E-state index in [0.29, 0.717) is 26.2 Å². The third-order valence-electron chi connectivity index (χ3n) is 4.37. The number of aryl methyl sites for hydroxylation is 1. The molecule has 1 N–H and O–H groups in total. The van der Waals surface area contributed by atoms with Crippen LogP contribution in [-0.4, -0.2) is 60.4 Å². The van der Waals surface area contributed by atoms with Crippen molar-refractivity contribution in [2.45, 2.75) is 39.2 Å². The van der Waals surface area contributed by atoms with Crippen molar-refractivity contribution in [3.8, 4) is 0 Å². The van der Waals surface area contributed by atoms with Crippen LogP contribution in [0.5, 0.6) is 0 Å². The van der Waals surface area contributed by atoms with E-state index < -0.39 is 11.6 Å². The number of nitrogens with zero attached hydrogens (tertiary/aromatic N) is 2. The Labute approximate surface area is 153 Å². The van der Waals surface area contributed by atoms with E-state index in [-0.39, 0.29) is 36.3 Å². The molecule has 0 unspecified atom stereocenters. The maximum Gasteiger partial charge on any atom is 0.234 e. The number of hydrogen-bond donors (Lipinski definition) is 1. The minimum atomic E-state index is -0.501. The van der Waals surface area contributed by atoms with Crippen molar-refractivity contribution in [2.24, 2.45) is 0 Å². The molecule has 7 heteroatoms. The normalized spacial score (nSPS) is 15.8. The van der Waals surface area contributed by atoms with Crippen LogP contribution in [0.25, 0.3) is 0 Å². The molecule has 0 bridgehead atoms. The second-order valence-electron chi connectivity index (χ2n) is 6.97. The van der Waals surface area contributed by atoms with Crippen molar-refractivity contribution in [1.82, 2.24) is 15.1 Å². The molecule has 0 aromatic heterocycles. The van der Waals surface area contributed by atoms with Crippen LogP contribution in [0.3, 0.4) is 0 Å². The maximum absolute atomic E-state index is 13.7. The number of nitrogens with one attached hydrogen (secondary N) is 1. The van der Waals surface area contributed by atoms with E-state index in [1.165, 1.54) is 0 Å². The van der Waals surface area contributed by atoms with Gasteiger partial charge < -0.3 is 10.2 Å². The molecule has 1 aliphatic rings. The lowest BCUT2D eigenvalue weighted by Gasteiger charge is -2.22. The molecule has 0 radical (unpaired) electrons. The predicted octanol–water partition coefficient (Wildman–Crippen LogP) is 1.96. The van der Waals surface area contributed by atoms with Gasteiger partial charge in [0.25, 0.3) is 0 Å². The summed E-state index contributed by atoms with van der Waals surface area (Å²) < 4.78 is 26.9. The molecule has 0 atom stereocenters. The monoisotopic (exact) mass is 367 g/mol. The first-order chi connectivity index (χ1) is 12.3.